The Balaban J connectivity index is 1.27. The number of hydrogen-bond acceptors (Lipinski definition) is 8. The maximum Gasteiger partial charge on any atom is 0.452 e. The van der Waals surface area contributed by atoms with Gasteiger partial charge in [0.1, 0.15) is 5.82 Å². The first kappa shape index (κ1) is 23.7. The molecule has 11 heteroatoms. The molecule has 0 N–H and O–H groups in total. The highest BCUT2D eigenvalue weighted by Gasteiger charge is 2.41. The molecule has 3 aromatic heterocycles. The van der Waals surface area contributed by atoms with Gasteiger partial charge in [-0.25, -0.2) is 9.97 Å². The highest BCUT2D eigenvalue weighted by atomic mass is 19.4. The molecule has 0 bridgehead atoms. The van der Waals surface area contributed by atoms with E-state index in [1.54, 1.807) is 49.4 Å². The largest absolute Gasteiger partial charge is 0.452 e. The van der Waals surface area contributed by atoms with Crippen molar-refractivity contribution in [3.05, 3.63) is 77.5 Å². The van der Waals surface area contributed by atoms with E-state index in [1.165, 1.54) is 6.20 Å². The molecule has 0 atom stereocenters. The summed E-state index contributed by atoms with van der Waals surface area (Å²) in [6.07, 6.45) is -1.96. The summed E-state index contributed by atoms with van der Waals surface area (Å²) in [5.41, 5.74) is 0.104. The van der Waals surface area contributed by atoms with Crippen LogP contribution in [0.1, 0.15) is 52.4 Å². The number of alkyl halides is 3. The number of anilines is 1. The second kappa shape index (κ2) is 9.56. The summed E-state index contributed by atoms with van der Waals surface area (Å²) < 4.78 is 51.2. The van der Waals surface area contributed by atoms with Crippen LogP contribution in [-0.4, -0.2) is 39.0 Å². The van der Waals surface area contributed by atoms with Crippen LogP contribution in [0.15, 0.2) is 57.5 Å². The van der Waals surface area contributed by atoms with Gasteiger partial charge in [-0.3, -0.25) is 4.79 Å². The lowest BCUT2D eigenvalue weighted by Gasteiger charge is -2.31. The molecule has 1 aliphatic heterocycles. The SMILES string of the molecule is Cc1nnc(C2CCN(c3ccc(CC(=O)c4nc(-c5ccccc5)oc4C(F)(F)F)cn3)CC2)o1. The summed E-state index contributed by atoms with van der Waals surface area (Å²) in [7, 11) is 0. The third-order valence-corrected chi connectivity index (χ3v) is 6.05. The molecular weight excluding hydrogens is 475 g/mol. The van der Waals surface area contributed by atoms with Gasteiger partial charge in [-0.1, -0.05) is 24.3 Å². The van der Waals surface area contributed by atoms with Gasteiger partial charge in [-0.05, 0) is 36.6 Å². The van der Waals surface area contributed by atoms with Gasteiger partial charge in [0.2, 0.25) is 23.4 Å². The molecule has 8 nitrogen and oxygen atoms in total. The molecule has 1 fully saturated rings. The van der Waals surface area contributed by atoms with E-state index >= 15 is 0 Å². The zero-order valence-electron chi connectivity index (χ0n) is 19.3. The first-order valence-corrected chi connectivity index (χ1v) is 11.4. The number of piperidine rings is 1. The van der Waals surface area contributed by atoms with Crippen LogP contribution in [0.5, 0.6) is 0 Å². The second-order valence-electron chi connectivity index (χ2n) is 8.61. The molecule has 1 aliphatic rings. The maximum atomic E-state index is 13.6. The number of carbonyl (C=O) groups excluding carboxylic acids is 1. The molecule has 0 unspecified atom stereocenters. The van der Waals surface area contributed by atoms with E-state index < -0.39 is 23.4 Å². The molecule has 4 aromatic rings. The molecule has 4 heterocycles. The Morgan fingerprint density at radius 3 is 2.42 bits per heavy atom. The van der Waals surface area contributed by atoms with Crippen LogP contribution in [0.25, 0.3) is 11.5 Å². The number of nitrogens with zero attached hydrogens (tertiary/aromatic N) is 5. The van der Waals surface area contributed by atoms with Crippen molar-refractivity contribution in [2.75, 3.05) is 18.0 Å². The van der Waals surface area contributed by atoms with Crippen molar-refractivity contribution in [3.63, 3.8) is 0 Å². The summed E-state index contributed by atoms with van der Waals surface area (Å²) in [5, 5.41) is 7.99. The van der Waals surface area contributed by atoms with E-state index in [0.717, 1.165) is 31.7 Å². The monoisotopic (exact) mass is 497 g/mol. The average Bonchev–Trinajstić information content (AvgIpc) is 3.52. The zero-order chi connectivity index (χ0) is 25.3. The lowest BCUT2D eigenvalue weighted by atomic mass is 9.97. The van der Waals surface area contributed by atoms with E-state index in [-0.39, 0.29) is 18.2 Å². The molecule has 36 heavy (non-hydrogen) atoms. The minimum absolute atomic E-state index is 0.199. The minimum atomic E-state index is -4.85. The first-order valence-electron chi connectivity index (χ1n) is 11.4. The van der Waals surface area contributed by atoms with Gasteiger partial charge in [0, 0.05) is 44.1 Å². The van der Waals surface area contributed by atoms with E-state index in [1.807, 2.05) is 0 Å². The Hall–Kier alpha value is -4.02. The molecule has 186 valence electrons. The first-order chi connectivity index (χ1) is 17.3. The predicted octanol–water partition coefficient (Wildman–Crippen LogP) is 5.26. The summed E-state index contributed by atoms with van der Waals surface area (Å²) in [4.78, 5) is 23.2. The average molecular weight is 497 g/mol. The summed E-state index contributed by atoms with van der Waals surface area (Å²) in [6, 6.07) is 11.6. The van der Waals surface area contributed by atoms with Crippen molar-refractivity contribution in [2.45, 2.75) is 38.3 Å². The van der Waals surface area contributed by atoms with Gasteiger partial charge in [-0.15, -0.1) is 10.2 Å². The van der Waals surface area contributed by atoms with Crippen LogP contribution in [0.3, 0.4) is 0 Å². The fourth-order valence-corrected chi connectivity index (χ4v) is 4.22. The van der Waals surface area contributed by atoms with Gasteiger partial charge < -0.3 is 13.7 Å². The van der Waals surface area contributed by atoms with Gasteiger partial charge >= 0.3 is 6.18 Å². The number of halogens is 3. The maximum absolute atomic E-state index is 13.6. The summed E-state index contributed by atoms with van der Waals surface area (Å²) >= 11 is 0. The number of aryl methyl sites for hydroxylation is 1. The molecular formula is C25H22F3N5O3. The van der Waals surface area contributed by atoms with Crippen LogP contribution in [0, 0.1) is 6.92 Å². The molecule has 0 spiro atoms. The van der Waals surface area contributed by atoms with Crippen molar-refractivity contribution in [3.8, 4) is 11.5 Å². The highest BCUT2D eigenvalue weighted by molar-refractivity contribution is 5.97. The van der Waals surface area contributed by atoms with Gasteiger partial charge in [0.25, 0.3) is 0 Å². The molecule has 0 radical (unpaired) electrons. The summed E-state index contributed by atoms with van der Waals surface area (Å²) in [5.74, 6) is -0.313. The number of carbonyl (C=O) groups is 1. The van der Waals surface area contributed by atoms with Crippen molar-refractivity contribution in [1.82, 2.24) is 20.2 Å². The predicted molar refractivity (Wildman–Crippen MR) is 122 cm³/mol. The van der Waals surface area contributed by atoms with Gasteiger partial charge in [0.05, 0.1) is 0 Å². The number of hydrogen-bond donors (Lipinski definition) is 0. The molecule has 1 saturated heterocycles. The van der Waals surface area contributed by atoms with E-state index in [4.69, 9.17) is 8.83 Å². The number of benzene rings is 1. The number of oxazole rings is 1. The number of pyridine rings is 1. The third kappa shape index (κ3) is 5.00. The smallest absolute Gasteiger partial charge is 0.431 e. The van der Waals surface area contributed by atoms with Crippen LogP contribution >= 0.6 is 0 Å². The van der Waals surface area contributed by atoms with Gasteiger partial charge in [-0.2, -0.15) is 13.2 Å². The molecule has 0 saturated carbocycles. The Morgan fingerprint density at radius 1 is 1.06 bits per heavy atom. The molecule has 1 aromatic carbocycles. The Labute approximate surface area is 204 Å². The molecule has 0 aliphatic carbocycles. The van der Waals surface area contributed by atoms with E-state index in [9.17, 15) is 18.0 Å². The quantitative estimate of drug-likeness (QED) is 0.333. The lowest BCUT2D eigenvalue weighted by molar-refractivity contribution is -0.153. The fraction of sp³-hybridized carbons (Fsp3) is 0.320. The van der Waals surface area contributed by atoms with E-state index in [0.29, 0.717) is 22.9 Å². The number of ketones is 1. The van der Waals surface area contributed by atoms with Gasteiger partial charge in [0.15, 0.2) is 11.5 Å². The Bertz CT molecular complexity index is 1340. The molecule has 5 rings (SSSR count). The van der Waals surface area contributed by atoms with Crippen molar-refractivity contribution in [2.24, 2.45) is 0 Å². The highest BCUT2D eigenvalue weighted by Crippen LogP contribution is 2.36. The van der Waals surface area contributed by atoms with E-state index in [2.05, 4.69) is 25.1 Å². The minimum Gasteiger partial charge on any atom is -0.431 e. The normalized spacial score (nSPS) is 14.8. The second-order valence-corrected chi connectivity index (χ2v) is 8.61. The fourth-order valence-electron chi connectivity index (χ4n) is 4.22. The Kier molecular flexibility index (Phi) is 6.29. The zero-order valence-corrected chi connectivity index (χ0v) is 19.3. The van der Waals surface area contributed by atoms with Crippen LogP contribution < -0.4 is 4.90 Å². The number of rotatable bonds is 6. The molecule has 0 amide bonds. The van der Waals surface area contributed by atoms with Crippen molar-refractivity contribution in [1.29, 1.82) is 0 Å². The van der Waals surface area contributed by atoms with Crippen LogP contribution in [0.4, 0.5) is 19.0 Å². The van der Waals surface area contributed by atoms with Crippen LogP contribution in [-0.2, 0) is 12.6 Å². The lowest BCUT2D eigenvalue weighted by Crippen LogP contribution is -2.33. The third-order valence-electron chi connectivity index (χ3n) is 6.05. The number of Topliss-reactive ketones (excluding diaryl/α,β-unsaturated/α-hetero) is 1. The van der Waals surface area contributed by atoms with Crippen molar-refractivity contribution < 1.29 is 26.8 Å². The van der Waals surface area contributed by atoms with Crippen LogP contribution in [0.2, 0.25) is 0 Å². The summed E-state index contributed by atoms with van der Waals surface area (Å²) in [6.45, 7) is 3.25. The standard InChI is InChI=1S/C25H22F3N5O3/c1-15-31-32-24(35-15)18-9-11-33(12-10-18)20-8-7-16(14-29-20)13-19(34)21-22(25(26,27)28)36-23(30-21)17-5-3-2-4-6-17/h2-8,14,18H,9-13H2,1H3. The topological polar surface area (TPSA) is 98.2 Å². The Morgan fingerprint density at radius 2 is 1.81 bits per heavy atom. The number of aromatic nitrogens is 4. The van der Waals surface area contributed by atoms with Crippen molar-refractivity contribution >= 4 is 11.6 Å².